The minimum absolute atomic E-state index is 1.92. The molecule has 4 rings (SSSR count). The summed E-state index contributed by atoms with van der Waals surface area (Å²) in [7, 11) is 0. The summed E-state index contributed by atoms with van der Waals surface area (Å²) in [6.45, 7) is 0. The first kappa shape index (κ1) is 30.9. The molecule has 42 heavy (non-hydrogen) atoms. The lowest BCUT2D eigenvalue weighted by atomic mass is 9.93. The van der Waals surface area contributed by atoms with E-state index in [9.17, 15) is 74.6 Å². The van der Waals surface area contributed by atoms with Crippen LogP contribution in [0.15, 0.2) is 0 Å². The average molecular weight is 647 g/mol. The van der Waals surface area contributed by atoms with Crippen molar-refractivity contribution >= 4 is 11.6 Å². The molecule has 0 bridgehead atoms. The topological polar surface area (TPSA) is 0 Å². The lowest BCUT2D eigenvalue weighted by Gasteiger charge is -2.17. The highest BCUT2D eigenvalue weighted by Gasteiger charge is 2.39. The Kier molecular flexibility index (Phi) is 7.63. The van der Waals surface area contributed by atoms with Gasteiger partial charge in [0.05, 0.1) is 33.4 Å². The molecule has 0 aromatic heterocycles. The first-order valence-corrected chi connectivity index (χ1v) is 10.5. The number of hydrogen-bond acceptors (Lipinski definition) is 0. The minimum Gasteiger partial charge on any atom is -0.203 e. The highest BCUT2D eigenvalue weighted by atomic mass is 35.5. The molecule has 222 valence electrons. The van der Waals surface area contributed by atoms with Crippen LogP contribution in [0.1, 0.15) is 0 Å². The van der Waals surface area contributed by atoms with Gasteiger partial charge < -0.3 is 0 Å². The summed E-state index contributed by atoms with van der Waals surface area (Å²) in [5.74, 6) is -50.1. The van der Waals surface area contributed by atoms with Gasteiger partial charge in [-0.3, -0.25) is 0 Å². The molecule has 0 amide bonds. The van der Waals surface area contributed by atoms with Crippen LogP contribution in [0.25, 0.3) is 33.4 Å². The van der Waals surface area contributed by atoms with E-state index in [2.05, 4.69) is 0 Å². The van der Waals surface area contributed by atoms with Crippen LogP contribution in [0.4, 0.5) is 74.6 Å². The van der Waals surface area contributed by atoms with Crippen LogP contribution in [-0.2, 0) is 0 Å². The Hall–Kier alpha value is -4.02. The largest absolute Gasteiger partial charge is 0.203 e. The first-order valence-electron chi connectivity index (χ1n) is 10.2. The Morgan fingerprint density at radius 3 is 0.500 bits per heavy atom. The third-order valence-corrected chi connectivity index (χ3v) is 6.03. The van der Waals surface area contributed by atoms with Gasteiger partial charge in [-0.15, -0.1) is 0 Å². The van der Waals surface area contributed by atoms with Crippen molar-refractivity contribution in [2.75, 3.05) is 0 Å². The number of rotatable bonds is 3. The molecule has 0 spiro atoms. The summed E-state index contributed by atoms with van der Waals surface area (Å²) in [5, 5.41) is -1.92. The Bertz CT molecular complexity index is 1610. The van der Waals surface area contributed by atoms with Gasteiger partial charge in [-0.05, 0) is 0 Å². The normalized spacial score (nSPS) is 11.6. The zero-order valence-electron chi connectivity index (χ0n) is 18.8. The van der Waals surface area contributed by atoms with E-state index in [1.165, 1.54) is 0 Å². The van der Waals surface area contributed by atoms with E-state index in [1.54, 1.807) is 0 Å². The minimum atomic E-state index is -3.14. The second-order valence-corrected chi connectivity index (χ2v) is 8.28. The van der Waals surface area contributed by atoms with E-state index in [0.29, 0.717) is 0 Å². The van der Waals surface area contributed by atoms with Gasteiger partial charge in [-0.25, -0.2) is 74.6 Å². The van der Waals surface area contributed by atoms with Gasteiger partial charge in [0.25, 0.3) is 0 Å². The van der Waals surface area contributed by atoms with Crippen molar-refractivity contribution in [1.82, 2.24) is 0 Å². The summed E-state index contributed by atoms with van der Waals surface area (Å²) < 4.78 is 243. The molecule has 0 atom stereocenters. The van der Waals surface area contributed by atoms with Crippen LogP contribution < -0.4 is 0 Å². The molecule has 0 aliphatic rings. The van der Waals surface area contributed by atoms with Crippen LogP contribution in [0, 0.1) is 98.9 Å². The molecule has 4 aromatic rings. The van der Waals surface area contributed by atoms with E-state index < -0.39 is 137 Å². The fourth-order valence-corrected chi connectivity index (χ4v) is 3.96. The zero-order chi connectivity index (χ0) is 31.9. The Labute approximate surface area is 224 Å². The van der Waals surface area contributed by atoms with Crippen molar-refractivity contribution in [2.24, 2.45) is 0 Å². The van der Waals surface area contributed by atoms with Crippen molar-refractivity contribution < 1.29 is 74.6 Å². The quantitative estimate of drug-likeness (QED) is 0.118. The molecule has 0 aliphatic heterocycles. The molecule has 0 saturated heterocycles. The fourth-order valence-electron chi connectivity index (χ4n) is 3.79. The zero-order valence-corrected chi connectivity index (χ0v) is 19.6. The van der Waals surface area contributed by atoms with Gasteiger partial charge in [-0.2, -0.15) is 0 Å². The lowest BCUT2D eigenvalue weighted by molar-refractivity contribution is 0.379. The maximum Gasteiger partial charge on any atom is 0.200 e. The maximum atomic E-state index is 14.9. The standard InChI is InChI=1S/C24ClF17/c25-7-20(38)16(34)5(17(35)21(7)39)3-12(30)8(26)1(9(27)13(3)31)2-10(28)14(32)4(15(33)11(2)29)6-18(36)22(40)24(42)23(41)19(6)37. The molecule has 0 radical (unpaired) electrons. The number of halogens is 18. The third-order valence-electron chi connectivity index (χ3n) is 5.70. The Morgan fingerprint density at radius 1 is 0.190 bits per heavy atom. The molecule has 0 aliphatic carbocycles. The van der Waals surface area contributed by atoms with E-state index >= 15 is 0 Å². The average Bonchev–Trinajstić information content (AvgIpc) is 2.96. The molecule has 4 aromatic carbocycles. The van der Waals surface area contributed by atoms with Gasteiger partial charge >= 0.3 is 0 Å². The molecule has 18 heteroatoms. The Balaban J connectivity index is 2.11. The summed E-state index contributed by atoms with van der Waals surface area (Å²) in [6.07, 6.45) is 0. The van der Waals surface area contributed by atoms with Gasteiger partial charge in [0.1, 0.15) is 5.02 Å². The summed E-state index contributed by atoms with van der Waals surface area (Å²) in [5.41, 5.74) is -15.8. The smallest absolute Gasteiger partial charge is 0.200 e. The Morgan fingerprint density at radius 2 is 0.310 bits per heavy atom. The monoisotopic (exact) mass is 646 g/mol. The molecule has 0 nitrogen and oxygen atoms in total. The van der Waals surface area contributed by atoms with Crippen molar-refractivity contribution in [1.29, 1.82) is 0 Å². The molecule has 0 heterocycles. The van der Waals surface area contributed by atoms with Gasteiger partial charge in [0.2, 0.25) is 5.82 Å². The number of hydrogen-bond donors (Lipinski definition) is 0. The van der Waals surface area contributed by atoms with E-state index in [4.69, 9.17) is 11.6 Å². The predicted octanol–water partition coefficient (Wildman–Crippen LogP) is 9.71. The SMILES string of the molecule is Fc1c(F)c(F)c(-c2c(F)c(F)c(-c3c(F)c(F)c(-c4c(F)c(F)c(Cl)c(F)c4F)c(F)c3F)c(F)c2F)c(F)c1F. The maximum absolute atomic E-state index is 14.9. The van der Waals surface area contributed by atoms with Gasteiger partial charge in [0.15, 0.2) is 93.1 Å². The van der Waals surface area contributed by atoms with E-state index in [1.807, 2.05) is 0 Å². The molecule has 0 unspecified atom stereocenters. The van der Waals surface area contributed by atoms with Crippen LogP contribution in [0.5, 0.6) is 0 Å². The second-order valence-electron chi connectivity index (χ2n) is 7.90. The van der Waals surface area contributed by atoms with Crippen molar-refractivity contribution in [3.8, 4) is 33.4 Å². The predicted molar refractivity (Wildman–Crippen MR) is 107 cm³/mol. The van der Waals surface area contributed by atoms with Gasteiger partial charge in [0, 0.05) is 0 Å². The summed E-state index contributed by atoms with van der Waals surface area (Å²) in [4.78, 5) is 0. The first-order chi connectivity index (χ1) is 19.4. The highest BCUT2D eigenvalue weighted by Crippen LogP contribution is 2.45. The second kappa shape index (κ2) is 10.4. The fraction of sp³-hybridized carbons (Fsp3) is 0. The van der Waals surface area contributed by atoms with Crippen molar-refractivity contribution in [2.45, 2.75) is 0 Å². The summed E-state index contributed by atoms with van der Waals surface area (Å²) in [6, 6.07) is 0. The summed E-state index contributed by atoms with van der Waals surface area (Å²) >= 11 is 4.93. The van der Waals surface area contributed by atoms with Crippen LogP contribution >= 0.6 is 11.6 Å². The lowest BCUT2D eigenvalue weighted by Crippen LogP contribution is -2.12. The van der Waals surface area contributed by atoms with Crippen molar-refractivity contribution in [3.05, 3.63) is 104 Å². The molecular formula is C24ClF17. The number of benzene rings is 4. The van der Waals surface area contributed by atoms with Crippen molar-refractivity contribution in [3.63, 3.8) is 0 Å². The van der Waals surface area contributed by atoms with Crippen LogP contribution in [0.3, 0.4) is 0 Å². The molecule has 0 N–H and O–H groups in total. The van der Waals surface area contributed by atoms with Crippen LogP contribution in [0.2, 0.25) is 5.02 Å². The van der Waals surface area contributed by atoms with Crippen LogP contribution in [-0.4, -0.2) is 0 Å². The molecule has 0 fully saturated rings. The molecule has 0 saturated carbocycles. The highest BCUT2D eigenvalue weighted by molar-refractivity contribution is 6.31. The van der Waals surface area contributed by atoms with Gasteiger partial charge in [-0.1, -0.05) is 11.6 Å². The van der Waals surface area contributed by atoms with E-state index in [0.717, 1.165) is 0 Å². The van der Waals surface area contributed by atoms with E-state index in [-0.39, 0.29) is 0 Å². The molecular weight excluding hydrogens is 647 g/mol. The third kappa shape index (κ3) is 4.07.